The molecule has 0 aliphatic heterocycles. The summed E-state index contributed by atoms with van der Waals surface area (Å²) >= 11 is 4.67. The van der Waals surface area contributed by atoms with Gasteiger partial charge in [0, 0.05) is 7.05 Å². The topological polar surface area (TPSA) is 34.0 Å². The predicted molar refractivity (Wildman–Crippen MR) is 54.3 cm³/mol. The number of hydrogen-bond acceptors (Lipinski definition) is 3. The number of benzene rings is 1. The molecule has 1 radical (unpaired) electrons. The van der Waals surface area contributed by atoms with Crippen LogP contribution in [0.5, 0.6) is 0 Å². The maximum Gasteiger partial charge on any atom is 0.158 e. The minimum absolute atomic E-state index is 0.847. The molecule has 0 amide bonds. The van der Waals surface area contributed by atoms with E-state index in [-0.39, 0.29) is 0 Å². The Morgan fingerprint density at radius 1 is 1.46 bits per heavy atom. The van der Waals surface area contributed by atoms with Crippen LogP contribution in [0.25, 0.3) is 11.0 Å². The van der Waals surface area contributed by atoms with Gasteiger partial charge >= 0.3 is 0 Å². The number of nitrogens with zero attached hydrogens (tertiary/aromatic N) is 4. The van der Waals surface area contributed by atoms with Gasteiger partial charge in [-0.2, -0.15) is 4.79 Å². The van der Waals surface area contributed by atoms with Crippen LogP contribution in [-0.2, 0) is 0 Å². The molecule has 1 heterocycles. The Hall–Kier alpha value is -1.49. The molecule has 65 valence electrons. The van der Waals surface area contributed by atoms with E-state index in [1.165, 1.54) is 0 Å². The molecule has 0 N–H and O–H groups in total. The molecular weight excluding hydrogens is 184 g/mol. The van der Waals surface area contributed by atoms with Crippen LogP contribution in [0.4, 0.5) is 0 Å². The molecule has 1 aromatic carbocycles. The Labute approximate surface area is 80.7 Å². The van der Waals surface area contributed by atoms with Gasteiger partial charge in [-0.3, -0.25) is 5.01 Å². The summed E-state index contributed by atoms with van der Waals surface area (Å²) in [6, 6.07) is 7.68. The first-order valence-corrected chi connectivity index (χ1v) is 4.16. The van der Waals surface area contributed by atoms with E-state index in [4.69, 9.17) is 0 Å². The average Bonchev–Trinajstić information content (AvgIpc) is 2.60. The van der Waals surface area contributed by atoms with Gasteiger partial charge in [0.25, 0.3) is 0 Å². The van der Waals surface area contributed by atoms with E-state index >= 15 is 0 Å². The van der Waals surface area contributed by atoms with Gasteiger partial charge < -0.3 is 0 Å². The molecule has 0 bridgehead atoms. The Bertz CT molecular complexity index is 436. The molecule has 0 fully saturated rings. The van der Waals surface area contributed by atoms with E-state index < -0.39 is 0 Å². The molecule has 0 spiro atoms. The lowest BCUT2D eigenvalue weighted by molar-refractivity contribution is 0.681. The Balaban J connectivity index is 2.64. The number of hydrogen-bond donors (Lipinski definition) is 0. The SMILES string of the molecule is CN([C]=S)n1nnc2ccccc21. The largest absolute Gasteiger partial charge is 0.253 e. The molecule has 0 unspecified atom stereocenters. The van der Waals surface area contributed by atoms with Gasteiger partial charge in [0.05, 0.1) is 0 Å². The lowest BCUT2D eigenvalue weighted by atomic mass is 10.3. The maximum atomic E-state index is 4.67. The summed E-state index contributed by atoms with van der Waals surface area (Å²) in [5.41, 5.74) is 4.30. The zero-order valence-corrected chi connectivity index (χ0v) is 7.82. The van der Waals surface area contributed by atoms with Crippen molar-refractivity contribution in [2.45, 2.75) is 0 Å². The second-order valence-electron chi connectivity index (χ2n) is 2.58. The van der Waals surface area contributed by atoms with Crippen LogP contribution in [0.3, 0.4) is 0 Å². The van der Waals surface area contributed by atoms with E-state index in [0.29, 0.717) is 0 Å². The second-order valence-corrected chi connectivity index (χ2v) is 2.77. The highest BCUT2D eigenvalue weighted by molar-refractivity contribution is 7.79. The molecule has 0 saturated carbocycles. The molecule has 0 saturated heterocycles. The van der Waals surface area contributed by atoms with Crippen LogP contribution in [0, 0.1) is 0 Å². The van der Waals surface area contributed by atoms with Crippen molar-refractivity contribution in [1.29, 1.82) is 0 Å². The Kier molecular flexibility index (Phi) is 1.94. The van der Waals surface area contributed by atoms with Crippen LogP contribution < -0.4 is 5.01 Å². The quantitative estimate of drug-likeness (QED) is 0.520. The van der Waals surface area contributed by atoms with E-state index in [0.717, 1.165) is 11.0 Å². The molecule has 1 aromatic heterocycles. The van der Waals surface area contributed by atoms with Crippen molar-refractivity contribution >= 4 is 28.7 Å². The van der Waals surface area contributed by atoms with E-state index in [9.17, 15) is 0 Å². The van der Waals surface area contributed by atoms with Crippen LogP contribution in [-0.4, -0.2) is 27.6 Å². The zero-order chi connectivity index (χ0) is 9.26. The number of fused-ring (bicyclic) bond motifs is 1. The molecule has 2 rings (SSSR count). The van der Waals surface area contributed by atoms with E-state index in [1.54, 1.807) is 16.8 Å². The first kappa shape index (κ1) is 8.12. The van der Waals surface area contributed by atoms with Gasteiger partial charge in [-0.05, 0) is 17.3 Å². The molecule has 4 nitrogen and oxygen atoms in total. The van der Waals surface area contributed by atoms with Gasteiger partial charge in [-0.25, -0.2) is 0 Å². The zero-order valence-electron chi connectivity index (χ0n) is 7.01. The van der Waals surface area contributed by atoms with Gasteiger partial charge in [0.15, 0.2) is 5.49 Å². The smallest absolute Gasteiger partial charge is 0.158 e. The van der Waals surface area contributed by atoms with Crippen molar-refractivity contribution in [3.05, 3.63) is 24.3 Å². The highest BCUT2D eigenvalue weighted by Crippen LogP contribution is 2.08. The van der Waals surface area contributed by atoms with E-state index in [1.807, 2.05) is 24.3 Å². The first-order valence-electron chi connectivity index (χ1n) is 3.75. The summed E-state index contributed by atoms with van der Waals surface area (Å²) in [5.74, 6) is 0. The highest BCUT2D eigenvalue weighted by Gasteiger charge is 2.04. The summed E-state index contributed by atoms with van der Waals surface area (Å²) in [5, 5.41) is 9.48. The first-order chi connectivity index (χ1) is 6.33. The summed E-state index contributed by atoms with van der Waals surface area (Å²) in [6.45, 7) is 0. The third-order valence-electron chi connectivity index (χ3n) is 1.75. The monoisotopic (exact) mass is 191 g/mol. The lowest BCUT2D eigenvalue weighted by Gasteiger charge is -2.10. The fraction of sp³-hybridized carbons (Fsp3) is 0.125. The standard InChI is InChI=1S/C8H7N4S/c1-11(6-13)12-8-5-3-2-4-7(8)9-10-12/h2-5H,1H3. The molecule has 0 aliphatic carbocycles. The number of rotatable bonds is 2. The second kappa shape index (κ2) is 3.10. The van der Waals surface area contributed by atoms with Crippen LogP contribution >= 0.6 is 12.2 Å². The third kappa shape index (κ3) is 1.27. The number of thiocarbonyl (C=S) groups is 1. The summed E-state index contributed by atoms with van der Waals surface area (Å²) in [6.07, 6.45) is 0. The summed E-state index contributed by atoms with van der Waals surface area (Å²) in [7, 11) is 1.77. The van der Waals surface area contributed by atoms with Gasteiger partial charge in [0.1, 0.15) is 11.0 Å². The number of para-hydroxylation sites is 1. The lowest BCUT2D eigenvalue weighted by Crippen LogP contribution is -2.28. The van der Waals surface area contributed by atoms with Gasteiger partial charge in [-0.15, -0.1) is 5.10 Å². The molecule has 0 aliphatic rings. The maximum absolute atomic E-state index is 4.67. The van der Waals surface area contributed by atoms with Crippen molar-refractivity contribution in [1.82, 2.24) is 15.1 Å². The van der Waals surface area contributed by atoms with Gasteiger partial charge in [-0.1, -0.05) is 24.4 Å². The molecule has 13 heavy (non-hydrogen) atoms. The van der Waals surface area contributed by atoms with Crippen molar-refractivity contribution in [3.8, 4) is 0 Å². The molecule has 0 atom stereocenters. The molecule has 5 heteroatoms. The normalized spacial score (nSPS) is 10.2. The van der Waals surface area contributed by atoms with Crippen molar-refractivity contribution < 1.29 is 0 Å². The van der Waals surface area contributed by atoms with Gasteiger partial charge in [0.2, 0.25) is 0 Å². The highest BCUT2D eigenvalue weighted by atomic mass is 32.1. The van der Waals surface area contributed by atoms with Crippen molar-refractivity contribution in [2.24, 2.45) is 0 Å². The van der Waals surface area contributed by atoms with Crippen LogP contribution in [0.2, 0.25) is 0 Å². The van der Waals surface area contributed by atoms with Crippen molar-refractivity contribution in [2.75, 3.05) is 12.1 Å². The Morgan fingerprint density at radius 3 is 3.00 bits per heavy atom. The fourth-order valence-corrected chi connectivity index (χ4v) is 1.19. The van der Waals surface area contributed by atoms with E-state index in [2.05, 4.69) is 28.0 Å². The predicted octanol–water partition coefficient (Wildman–Crippen LogP) is 0.833. The number of aromatic nitrogens is 3. The molecular formula is C8H7N4S. The fourth-order valence-electron chi connectivity index (χ4n) is 1.12. The van der Waals surface area contributed by atoms with Crippen LogP contribution in [0.15, 0.2) is 24.3 Å². The van der Waals surface area contributed by atoms with Crippen LogP contribution in [0.1, 0.15) is 0 Å². The minimum atomic E-state index is 0.847. The third-order valence-corrected chi connectivity index (χ3v) is 2.01. The Morgan fingerprint density at radius 2 is 2.23 bits per heavy atom. The molecule has 2 aromatic rings. The summed E-state index contributed by atoms with van der Waals surface area (Å²) < 4.78 is 0. The average molecular weight is 191 g/mol. The minimum Gasteiger partial charge on any atom is -0.253 e. The van der Waals surface area contributed by atoms with Crippen molar-refractivity contribution in [3.63, 3.8) is 0 Å². The summed E-state index contributed by atoms with van der Waals surface area (Å²) in [4.78, 5) is 1.60.